The van der Waals surface area contributed by atoms with Crippen LogP contribution in [0.15, 0.2) is 24.4 Å². The normalized spacial score (nSPS) is 10.6. The van der Waals surface area contributed by atoms with Crippen LogP contribution in [-0.2, 0) is 11.3 Å². The summed E-state index contributed by atoms with van der Waals surface area (Å²) in [6.07, 6.45) is 2.40. The molecule has 1 heterocycles. The molecule has 0 saturated heterocycles. The predicted octanol–water partition coefficient (Wildman–Crippen LogP) is 2.85. The molecule has 1 aromatic carbocycles. The molecule has 16 heavy (non-hydrogen) atoms. The van der Waals surface area contributed by atoms with Gasteiger partial charge in [-0.05, 0) is 23.8 Å². The molecule has 0 unspecified atom stereocenters. The monoisotopic (exact) mass is 236 g/mol. The average Bonchev–Trinajstić information content (AvgIpc) is 2.68. The van der Waals surface area contributed by atoms with E-state index in [9.17, 15) is 4.79 Å². The van der Waals surface area contributed by atoms with Crippen molar-refractivity contribution in [3.8, 4) is 0 Å². The van der Waals surface area contributed by atoms with Crippen LogP contribution < -0.4 is 5.32 Å². The molecule has 0 aliphatic rings. The van der Waals surface area contributed by atoms with Crippen LogP contribution in [0.25, 0.3) is 10.9 Å². The fraction of sp³-hybridized carbons (Fsp3) is 0.250. The van der Waals surface area contributed by atoms with Gasteiger partial charge in [0.05, 0.1) is 0 Å². The van der Waals surface area contributed by atoms with Crippen LogP contribution in [0.1, 0.15) is 18.9 Å². The Hall–Kier alpha value is -1.48. The number of halogens is 1. The van der Waals surface area contributed by atoms with Crippen LogP contribution in [0.5, 0.6) is 0 Å². The number of amides is 1. The third kappa shape index (κ3) is 2.19. The number of nitrogens with one attached hydrogen (secondary N) is 2. The summed E-state index contributed by atoms with van der Waals surface area (Å²) in [5.41, 5.74) is 2.09. The first kappa shape index (κ1) is 11.0. The zero-order valence-corrected chi connectivity index (χ0v) is 9.77. The van der Waals surface area contributed by atoms with Crippen LogP contribution in [-0.4, -0.2) is 10.9 Å². The minimum absolute atomic E-state index is 0.0522. The Bertz CT molecular complexity index is 519. The highest BCUT2D eigenvalue weighted by molar-refractivity contribution is 6.31. The Morgan fingerprint density at radius 1 is 1.50 bits per heavy atom. The van der Waals surface area contributed by atoms with Crippen LogP contribution >= 0.6 is 11.6 Å². The highest BCUT2D eigenvalue weighted by Crippen LogP contribution is 2.22. The SMILES string of the molecule is CCC(=O)NCc1c[nH]c2ccc(Cl)cc12. The van der Waals surface area contributed by atoms with Gasteiger partial charge in [-0.3, -0.25) is 4.79 Å². The average molecular weight is 237 g/mol. The van der Waals surface area contributed by atoms with E-state index >= 15 is 0 Å². The number of aromatic nitrogens is 1. The maximum atomic E-state index is 11.2. The van der Waals surface area contributed by atoms with Crippen molar-refractivity contribution in [1.82, 2.24) is 10.3 Å². The van der Waals surface area contributed by atoms with Gasteiger partial charge in [0, 0.05) is 35.1 Å². The number of benzene rings is 1. The topological polar surface area (TPSA) is 44.9 Å². The molecule has 0 saturated carbocycles. The number of hydrogen-bond donors (Lipinski definition) is 2. The molecule has 1 aromatic heterocycles. The van der Waals surface area contributed by atoms with Gasteiger partial charge in [-0.2, -0.15) is 0 Å². The van der Waals surface area contributed by atoms with Crippen LogP contribution in [0.4, 0.5) is 0 Å². The van der Waals surface area contributed by atoms with Gasteiger partial charge in [-0.1, -0.05) is 18.5 Å². The van der Waals surface area contributed by atoms with Crippen molar-refractivity contribution in [3.05, 3.63) is 35.0 Å². The van der Waals surface area contributed by atoms with Gasteiger partial charge in [0.25, 0.3) is 0 Å². The van der Waals surface area contributed by atoms with Crippen molar-refractivity contribution in [2.24, 2.45) is 0 Å². The molecule has 3 nitrogen and oxygen atoms in total. The number of rotatable bonds is 3. The molecule has 0 atom stereocenters. The molecule has 0 fully saturated rings. The van der Waals surface area contributed by atoms with Gasteiger partial charge in [-0.15, -0.1) is 0 Å². The van der Waals surface area contributed by atoms with E-state index in [0.717, 1.165) is 16.5 Å². The van der Waals surface area contributed by atoms with E-state index in [1.807, 2.05) is 31.3 Å². The summed E-state index contributed by atoms with van der Waals surface area (Å²) in [7, 11) is 0. The maximum absolute atomic E-state index is 11.2. The van der Waals surface area contributed by atoms with E-state index < -0.39 is 0 Å². The first-order chi connectivity index (χ1) is 7.70. The standard InChI is InChI=1S/C12H13ClN2O/c1-2-12(16)15-7-8-6-14-11-4-3-9(13)5-10(8)11/h3-6,14H,2,7H2,1H3,(H,15,16). The lowest BCUT2D eigenvalue weighted by Crippen LogP contribution is -2.21. The van der Waals surface area contributed by atoms with E-state index in [4.69, 9.17) is 11.6 Å². The second-order valence-electron chi connectivity index (χ2n) is 3.63. The molecule has 0 bridgehead atoms. The van der Waals surface area contributed by atoms with E-state index in [1.54, 1.807) is 0 Å². The van der Waals surface area contributed by atoms with Crippen molar-refractivity contribution >= 4 is 28.4 Å². The lowest BCUT2D eigenvalue weighted by Gasteiger charge is -2.02. The summed E-state index contributed by atoms with van der Waals surface area (Å²) < 4.78 is 0. The molecule has 84 valence electrons. The van der Waals surface area contributed by atoms with Crippen molar-refractivity contribution in [2.75, 3.05) is 0 Å². The summed E-state index contributed by atoms with van der Waals surface area (Å²) in [5.74, 6) is 0.0522. The molecular weight excluding hydrogens is 224 g/mol. The van der Waals surface area contributed by atoms with Gasteiger partial charge in [-0.25, -0.2) is 0 Å². The van der Waals surface area contributed by atoms with Crippen molar-refractivity contribution in [2.45, 2.75) is 19.9 Å². The fourth-order valence-corrected chi connectivity index (χ4v) is 1.79. The smallest absolute Gasteiger partial charge is 0.219 e. The van der Waals surface area contributed by atoms with Gasteiger partial charge in [0.1, 0.15) is 0 Å². The van der Waals surface area contributed by atoms with Gasteiger partial charge >= 0.3 is 0 Å². The third-order valence-electron chi connectivity index (χ3n) is 2.53. The summed E-state index contributed by atoms with van der Waals surface area (Å²) in [6, 6.07) is 5.68. The number of hydrogen-bond acceptors (Lipinski definition) is 1. The number of fused-ring (bicyclic) bond motifs is 1. The predicted molar refractivity (Wildman–Crippen MR) is 65.4 cm³/mol. The maximum Gasteiger partial charge on any atom is 0.219 e. The fourth-order valence-electron chi connectivity index (χ4n) is 1.62. The van der Waals surface area contributed by atoms with Crippen LogP contribution in [0, 0.1) is 0 Å². The van der Waals surface area contributed by atoms with E-state index in [0.29, 0.717) is 18.0 Å². The van der Waals surface area contributed by atoms with Gasteiger partial charge < -0.3 is 10.3 Å². The second kappa shape index (κ2) is 4.58. The largest absolute Gasteiger partial charge is 0.361 e. The highest BCUT2D eigenvalue weighted by atomic mass is 35.5. The molecule has 2 rings (SSSR count). The number of H-pyrrole nitrogens is 1. The summed E-state index contributed by atoms with van der Waals surface area (Å²) >= 11 is 5.94. The zero-order chi connectivity index (χ0) is 11.5. The lowest BCUT2D eigenvalue weighted by molar-refractivity contribution is -0.120. The molecular formula is C12H13ClN2O. The van der Waals surface area contributed by atoms with Crippen molar-refractivity contribution < 1.29 is 4.79 Å². The molecule has 2 aromatic rings. The summed E-state index contributed by atoms with van der Waals surface area (Å²) in [5, 5.41) is 4.61. The number of carbonyl (C=O) groups excluding carboxylic acids is 1. The molecule has 4 heteroatoms. The minimum Gasteiger partial charge on any atom is -0.361 e. The number of aromatic amines is 1. The quantitative estimate of drug-likeness (QED) is 0.846. The second-order valence-corrected chi connectivity index (χ2v) is 4.07. The Balaban J connectivity index is 2.24. The molecule has 0 aliphatic carbocycles. The van der Waals surface area contributed by atoms with Crippen molar-refractivity contribution in [3.63, 3.8) is 0 Å². The molecule has 0 spiro atoms. The summed E-state index contributed by atoms with van der Waals surface area (Å²) in [6.45, 7) is 2.37. The first-order valence-corrected chi connectivity index (χ1v) is 5.60. The minimum atomic E-state index is 0.0522. The van der Waals surface area contributed by atoms with Crippen molar-refractivity contribution in [1.29, 1.82) is 0 Å². The molecule has 0 aliphatic heterocycles. The van der Waals surface area contributed by atoms with Gasteiger partial charge in [0.2, 0.25) is 5.91 Å². The van der Waals surface area contributed by atoms with E-state index in [2.05, 4.69) is 10.3 Å². The highest BCUT2D eigenvalue weighted by Gasteiger charge is 2.05. The van der Waals surface area contributed by atoms with Crippen LogP contribution in [0.3, 0.4) is 0 Å². The zero-order valence-electron chi connectivity index (χ0n) is 9.01. The van der Waals surface area contributed by atoms with Gasteiger partial charge in [0.15, 0.2) is 0 Å². The lowest BCUT2D eigenvalue weighted by atomic mass is 10.2. The summed E-state index contributed by atoms with van der Waals surface area (Å²) in [4.78, 5) is 14.3. The Morgan fingerprint density at radius 2 is 2.31 bits per heavy atom. The molecule has 0 radical (unpaired) electrons. The molecule has 2 N–H and O–H groups in total. The third-order valence-corrected chi connectivity index (χ3v) is 2.76. The van der Waals surface area contributed by atoms with E-state index in [-0.39, 0.29) is 5.91 Å². The Morgan fingerprint density at radius 3 is 3.06 bits per heavy atom. The van der Waals surface area contributed by atoms with Crippen LogP contribution in [0.2, 0.25) is 5.02 Å². The van der Waals surface area contributed by atoms with E-state index in [1.165, 1.54) is 0 Å². The number of carbonyl (C=O) groups is 1. The first-order valence-electron chi connectivity index (χ1n) is 5.23. The molecule has 1 amide bonds. The Kier molecular flexibility index (Phi) is 3.15. The Labute approximate surface area is 98.8 Å².